The molecular weight excluding hydrogens is 488 g/mol. The lowest BCUT2D eigenvalue weighted by molar-refractivity contribution is -0.275. The Balaban J connectivity index is 2.03. The van der Waals surface area contributed by atoms with Crippen LogP contribution in [0.4, 0.5) is 34.2 Å². The van der Waals surface area contributed by atoms with E-state index >= 15 is 0 Å². The summed E-state index contributed by atoms with van der Waals surface area (Å²) in [5, 5.41) is 0.422. The maximum absolute atomic E-state index is 14.3. The van der Waals surface area contributed by atoms with Crippen molar-refractivity contribution in [2.24, 2.45) is 5.73 Å². The summed E-state index contributed by atoms with van der Waals surface area (Å²) in [4.78, 5) is 30.0. The fraction of sp³-hybridized carbons (Fsp3) is 0.150. The number of thiazole rings is 1. The van der Waals surface area contributed by atoms with Crippen molar-refractivity contribution >= 4 is 51.3 Å². The van der Waals surface area contributed by atoms with Gasteiger partial charge < -0.3 is 21.1 Å². The van der Waals surface area contributed by atoms with Crippen LogP contribution in [-0.4, -0.2) is 29.1 Å². The number of ether oxygens (including phenoxy) is 1. The molecule has 0 saturated carbocycles. The monoisotopic (exact) mass is 502 g/mol. The van der Waals surface area contributed by atoms with Crippen LogP contribution in [0.1, 0.15) is 22.2 Å². The van der Waals surface area contributed by atoms with Gasteiger partial charge in [-0.1, -0.05) is 22.9 Å². The summed E-state index contributed by atoms with van der Waals surface area (Å²) in [6, 6.07) is 7.44. The maximum atomic E-state index is 14.3. The number of hydrogen-bond acceptors (Lipinski definition) is 7. The van der Waals surface area contributed by atoms with E-state index in [4.69, 9.17) is 23.1 Å². The normalized spacial score (nSPS) is 12.3. The van der Waals surface area contributed by atoms with Crippen LogP contribution in [0, 0.1) is 5.82 Å². The molecule has 1 atom stereocenters. The predicted molar refractivity (Wildman–Crippen MR) is 115 cm³/mol. The van der Waals surface area contributed by atoms with Gasteiger partial charge >= 0.3 is 6.36 Å². The highest BCUT2D eigenvalue weighted by molar-refractivity contribution is 7.18. The van der Waals surface area contributed by atoms with Crippen LogP contribution in [0.2, 0.25) is 5.02 Å². The van der Waals surface area contributed by atoms with Crippen LogP contribution in [0.3, 0.4) is 0 Å². The number of alkyl halides is 3. The minimum absolute atomic E-state index is 0.00000304. The number of halogens is 5. The van der Waals surface area contributed by atoms with Crippen LogP contribution in [0.5, 0.6) is 5.75 Å². The molecule has 174 valence electrons. The molecule has 1 aromatic heterocycles. The Hall–Kier alpha value is -3.38. The van der Waals surface area contributed by atoms with E-state index in [1.807, 2.05) is 0 Å². The molecule has 0 fully saturated rings. The summed E-state index contributed by atoms with van der Waals surface area (Å²) in [6.45, 7) is 1.37. The molecule has 0 aliphatic carbocycles. The van der Waals surface area contributed by atoms with Gasteiger partial charge in [-0.3, -0.25) is 9.59 Å². The fourth-order valence-corrected chi connectivity index (χ4v) is 3.97. The van der Waals surface area contributed by atoms with Crippen molar-refractivity contribution in [1.29, 1.82) is 0 Å². The maximum Gasteiger partial charge on any atom is 0.573 e. The molecule has 0 saturated heterocycles. The number of rotatable bonds is 7. The van der Waals surface area contributed by atoms with Crippen LogP contribution in [0.25, 0.3) is 0 Å². The van der Waals surface area contributed by atoms with Gasteiger partial charge in [-0.05, 0) is 43.3 Å². The van der Waals surface area contributed by atoms with Crippen molar-refractivity contribution in [3.05, 3.63) is 63.7 Å². The second-order valence-electron chi connectivity index (χ2n) is 6.66. The average Bonchev–Trinajstić information content (AvgIpc) is 3.10. The highest BCUT2D eigenvalue weighted by Crippen LogP contribution is 2.38. The van der Waals surface area contributed by atoms with Crippen molar-refractivity contribution in [3.63, 3.8) is 0 Å². The highest BCUT2D eigenvalue weighted by atomic mass is 35.5. The first-order valence-corrected chi connectivity index (χ1v) is 10.3. The molecule has 13 heteroatoms. The quantitative estimate of drug-likeness (QED) is 0.359. The van der Waals surface area contributed by atoms with E-state index in [0.717, 1.165) is 34.4 Å². The van der Waals surface area contributed by atoms with E-state index in [1.165, 1.54) is 31.2 Å². The lowest BCUT2D eigenvalue weighted by atomic mass is 10.1. The van der Waals surface area contributed by atoms with E-state index < -0.39 is 35.7 Å². The molecule has 33 heavy (non-hydrogen) atoms. The minimum Gasteiger partial charge on any atom is -0.403 e. The molecule has 1 heterocycles. The van der Waals surface area contributed by atoms with Gasteiger partial charge in [-0.2, -0.15) is 0 Å². The molecule has 4 N–H and O–H groups in total. The number of aromatic nitrogens is 1. The van der Waals surface area contributed by atoms with Gasteiger partial charge in [0.1, 0.15) is 16.7 Å². The van der Waals surface area contributed by atoms with Crippen molar-refractivity contribution < 1.29 is 31.9 Å². The Bertz CT molecular complexity index is 1200. The number of nitrogens with two attached hydrogens (primary N) is 2. The van der Waals surface area contributed by atoms with Gasteiger partial charge in [0, 0.05) is 22.3 Å². The molecule has 0 spiro atoms. The van der Waals surface area contributed by atoms with Crippen molar-refractivity contribution in [3.8, 4) is 5.75 Å². The van der Waals surface area contributed by atoms with Gasteiger partial charge in [0.25, 0.3) is 0 Å². The van der Waals surface area contributed by atoms with E-state index in [-0.39, 0.29) is 27.1 Å². The Kier molecular flexibility index (Phi) is 6.79. The third-order valence-electron chi connectivity index (χ3n) is 4.38. The SMILES string of the molecule is C[C@H](C(N)=O)N(c1ccc(OC(F)(F)F)c(F)c1)c1nc(N)c(C(=O)c2ccc(Cl)cc2)s1. The average molecular weight is 503 g/mol. The summed E-state index contributed by atoms with van der Waals surface area (Å²) < 4.78 is 55.3. The van der Waals surface area contributed by atoms with E-state index in [2.05, 4.69) is 9.72 Å². The summed E-state index contributed by atoms with van der Waals surface area (Å²) in [5.41, 5.74) is 11.5. The summed E-state index contributed by atoms with van der Waals surface area (Å²) >= 11 is 6.63. The highest BCUT2D eigenvalue weighted by Gasteiger charge is 2.33. The summed E-state index contributed by atoms with van der Waals surface area (Å²) in [7, 11) is 0. The second kappa shape index (κ2) is 9.24. The molecule has 3 rings (SSSR count). The number of carbonyl (C=O) groups excluding carboxylic acids is 2. The van der Waals surface area contributed by atoms with Crippen LogP contribution < -0.4 is 21.1 Å². The molecule has 3 aromatic rings. The van der Waals surface area contributed by atoms with Crippen LogP contribution in [-0.2, 0) is 4.79 Å². The van der Waals surface area contributed by atoms with Crippen molar-refractivity contribution in [1.82, 2.24) is 4.98 Å². The first-order chi connectivity index (χ1) is 15.4. The molecular formula is C20H15ClF4N4O3S. The molecule has 1 amide bonds. The standard InChI is InChI=1S/C20H15ClF4N4O3S/c1-9(18(27)31)29(12-6-7-14(13(22)8-12)32-20(23,24)25)19-28-17(26)16(33-19)15(30)10-2-4-11(21)5-3-10/h2-9H,26H2,1H3,(H2,27,31)/t9-/m1/s1. The number of ketones is 1. The van der Waals surface area contributed by atoms with Crippen molar-refractivity contribution in [2.75, 3.05) is 10.6 Å². The van der Waals surface area contributed by atoms with E-state index in [9.17, 15) is 27.2 Å². The molecule has 0 radical (unpaired) electrons. The summed E-state index contributed by atoms with van der Waals surface area (Å²) in [6.07, 6.45) is -5.09. The molecule has 0 aliphatic heterocycles. The first-order valence-electron chi connectivity index (χ1n) is 9.08. The molecule has 7 nitrogen and oxygen atoms in total. The van der Waals surface area contributed by atoms with Gasteiger partial charge in [-0.15, -0.1) is 13.2 Å². The van der Waals surface area contributed by atoms with Crippen LogP contribution in [0.15, 0.2) is 42.5 Å². The van der Waals surface area contributed by atoms with E-state index in [0.29, 0.717) is 5.02 Å². The number of primary amides is 1. The molecule has 2 aromatic carbocycles. The number of hydrogen-bond donors (Lipinski definition) is 2. The molecule has 0 aliphatic rings. The Morgan fingerprint density at radius 3 is 2.36 bits per heavy atom. The number of nitrogens with zero attached hydrogens (tertiary/aromatic N) is 2. The fourth-order valence-electron chi connectivity index (χ4n) is 2.79. The lowest BCUT2D eigenvalue weighted by Gasteiger charge is -2.27. The number of anilines is 3. The topological polar surface area (TPSA) is 112 Å². The van der Waals surface area contributed by atoms with Crippen LogP contribution >= 0.6 is 22.9 Å². The number of nitrogen functional groups attached to an aromatic ring is 1. The first kappa shape index (κ1) is 24.3. The minimum atomic E-state index is -5.09. The number of benzene rings is 2. The molecule has 0 unspecified atom stereocenters. The zero-order valence-electron chi connectivity index (χ0n) is 16.7. The Labute approximate surface area is 193 Å². The number of amides is 1. The van der Waals surface area contributed by atoms with Gasteiger partial charge in [0.2, 0.25) is 11.7 Å². The predicted octanol–water partition coefficient (Wildman–Crippen LogP) is 4.66. The van der Waals surface area contributed by atoms with Gasteiger partial charge in [-0.25, -0.2) is 9.37 Å². The summed E-state index contributed by atoms with van der Waals surface area (Å²) in [5.74, 6) is -3.87. The van der Waals surface area contributed by atoms with Gasteiger partial charge in [0.15, 0.2) is 16.7 Å². The largest absolute Gasteiger partial charge is 0.573 e. The Morgan fingerprint density at radius 1 is 1.18 bits per heavy atom. The third-order valence-corrected chi connectivity index (χ3v) is 5.70. The number of carbonyl (C=O) groups is 2. The zero-order chi connectivity index (χ0) is 24.5. The van der Waals surface area contributed by atoms with E-state index in [1.54, 1.807) is 0 Å². The van der Waals surface area contributed by atoms with Gasteiger partial charge in [0.05, 0.1) is 0 Å². The third kappa shape index (κ3) is 5.52. The smallest absolute Gasteiger partial charge is 0.403 e. The Morgan fingerprint density at radius 2 is 1.82 bits per heavy atom. The molecule has 0 bridgehead atoms. The lowest BCUT2D eigenvalue weighted by Crippen LogP contribution is -2.40. The zero-order valence-corrected chi connectivity index (χ0v) is 18.3. The second-order valence-corrected chi connectivity index (χ2v) is 8.07. The van der Waals surface area contributed by atoms with Crippen molar-refractivity contribution in [2.45, 2.75) is 19.3 Å².